The van der Waals surface area contributed by atoms with Crippen LogP contribution in [0.2, 0.25) is 0 Å². The lowest BCUT2D eigenvalue weighted by Crippen LogP contribution is -2.29. The van der Waals surface area contributed by atoms with E-state index in [0.717, 1.165) is 26.0 Å². The average Bonchev–Trinajstić information content (AvgIpc) is 2.86. The van der Waals surface area contributed by atoms with Gasteiger partial charge in [0.05, 0.1) is 66.1 Å². The van der Waals surface area contributed by atoms with E-state index < -0.39 is 0 Å². The molecular formula is C25H58N2O8. The second kappa shape index (κ2) is 33.1. The molecule has 0 spiro atoms. The van der Waals surface area contributed by atoms with Crippen molar-refractivity contribution < 1.29 is 40.8 Å². The quantitative estimate of drug-likeness (QED) is 0.160. The molecule has 0 aromatic carbocycles. The van der Waals surface area contributed by atoms with Gasteiger partial charge in [-0.1, -0.05) is 27.7 Å². The molecule has 0 bridgehead atoms. The Kier molecular flexibility index (Phi) is 34.4. The summed E-state index contributed by atoms with van der Waals surface area (Å²) >= 11 is 0. The third-order valence-electron chi connectivity index (χ3n) is 4.10. The van der Waals surface area contributed by atoms with Crippen LogP contribution in [0.15, 0.2) is 0 Å². The van der Waals surface area contributed by atoms with Crippen molar-refractivity contribution in [1.82, 2.24) is 10.6 Å². The summed E-state index contributed by atoms with van der Waals surface area (Å²) < 4.78 is 37.5. The van der Waals surface area contributed by atoms with Gasteiger partial charge in [0.1, 0.15) is 6.61 Å². The Morgan fingerprint density at radius 1 is 0.629 bits per heavy atom. The molecule has 0 heterocycles. The van der Waals surface area contributed by atoms with Crippen LogP contribution in [0.25, 0.3) is 0 Å². The van der Waals surface area contributed by atoms with Gasteiger partial charge in [0.25, 0.3) is 0 Å². The maximum atomic E-state index is 11.7. The van der Waals surface area contributed by atoms with Gasteiger partial charge in [0.2, 0.25) is 5.91 Å². The summed E-state index contributed by atoms with van der Waals surface area (Å²) in [6, 6.07) is 0.516. The minimum atomic E-state index is -0.141. The number of carbonyl (C=O) groups is 1. The van der Waals surface area contributed by atoms with Crippen LogP contribution >= 0.6 is 0 Å². The minimum absolute atomic E-state index is 0. The van der Waals surface area contributed by atoms with Crippen molar-refractivity contribution in [2.75, 3.05) is 106 Å². The van der Waals surface area contributed by atoms with Gasteiger partial charge < -0.3 is 43.8 Å². The number of nitrogens with one attached hydrogen (secondary N) is 2. The molecule has 0 rings (SSSR count). The first kappa shape index (κ1) is 36.3. The lowest BCUT2D eigenvalue weighted by Gasteiger charge is -2.09. The fourth-order valence-electron chi connectivity index (χ4n) is 2.43. The molecule has 0 atom stereocenters. The van der Waals surface area contributed by atoms with Gasteiger partial charge in [0.15, 0.2) is 0 Å². The second-order valence-corrected chi connectivity index (χ2v) is 7.48. The van der Waals surface area contributed by atoms with E-state index in [0.29, 0.717) is 91.9 Å². The summed E-state index contributed by atoms with van der Waals surface area (Å²) in [5.41, 5.74) is 0. The summed E-state index contributed by atoms with van der Waals surface area (Å²) in [5.74, 6) is -0.141. The zero-order chi connectivity index (χ0) is 26.2. The van der Waals surface area contributed by atoms with E-state index >= 15 is 0 Å². The highest BCUT2D eigenvalue weighted by Gasteiger charge is 2.01. The first-order valence-corrected chi connectivity index (χ1v) is 13.2. The fraction of sp³-hybridized carbons (Fsp3) is 0.960. The van der Waals surface area contributed by atoms with Gasteiger partial charge in [-0.05, 0) is 26.3 Å². The number of rotatable bonds is 27. The summed E-state index contributed by atoms with van der Waals surface area (Å²) in [6.07, 6.45) is 1.75. The third kappa shape index (κ3) is 35.4. The monoisotopic (exact) mass is 514 g/mol. The van der Waals surface area contributed by atoms with Crippen molar-refractivity contribution in [2.24, 2.45) is 0 Å². The van der Waals surface area contributed by atoms with E-state index in [1.807, 2.05) is 20.8 Å². The Bertz CT molecular complexity index is 415. The van der Waals surface area contributed by atoms with E-state index in [1.165, 1.54) is 0 Å². The van der Waals surface area contributed by atoms with Crippen molar-refractivity contribution in [3.63, 3.8) is 0 Å². The van der Waals surface area contributed by atoms with Gasteiger partial charge in [-0.25, -0.2) is 0 Å². The Hall–Kier alpha value is -0.850. The van der Waals surface area contributed by atoms with Gasteiger partial charge in [0, 0.05) is 35.3 Å². The predicted molar refractivity (Wildman–Crippen MR) is 142 cm³/mol. The van der Waals surface area contributed by atoms with Gasteiger partial charge in [-0.2, -0.15) is 0 Å². The molecule has 0 aliphatic heterocycles. The van der Waals surface area contributed by atoms with Crippen LogP contribution in [0.5, 0.6) is 0 Å². The Morgan fingerprint density at radius 2 is 1.03 bits per heavy atom. The molecule has 0 aromatic heterocycles. The standard InChI is InChI=1S/C23H48N2O8.C2H6.2H2/c1-4-27-11-12-30-17-18-32-19-20-33-21-23(26)25-8-6-10-29-14-16-31-15-13-28-9-5-7-24-22(2)3;1-2;;/h22,24H,4-21H2,1-3H3,(H,25,26);1-2H3;2*1H. The van der Waals surface area contributed by atoms with Gasteiger partial charge >= 0.3 is 0 Å². The van der Waals surface area contributed by atoms with E-state index in [1.54, 1.807) is 0 Å². The molecule has 1 amide bonds. The molecule has 10 heteroatoms. The van der Waals surface area contributed by atoms with Crippen molar-refractivity contribution in [3.8, 4) is 0 Å². The summed E-state index contributed by atoms with van der Waals surface area (Å²) in [7, 11) is 0. The molecule has 2 N–H and O–H groups in total. The molecule has 0 saturated carbocycles. The molecule has 0 aromatic rings. The maximum Gasteiger partial charge on any atom is 0.246 e. The summed E-state index contributed by atoms with van der Waals surface area (Å²) in [6.45, 7) is 19.0. The van der Waals surface area contributed by atoms with E-state index in [4.69, 9.17) is 33.2 Å². The summed E-state index contributed by atoms with van der Waals surface area (Å²) in [4.78, 5) is 11.7. The second-order valence-electron chi connectivity index (χ2n) is 7.48. The highest BCUT2D eigenvalue weighted by molar-refractivity contribution is 5.77. The van der Waals surface area contributed by atoms with Crippen LogP contribution in [0.1, 0.15) is 50.3 Å². The van der Waals surface area contributed by atoms with Gasteiger partial charge in [-0.3, -0.25) is 4.79 Å². The van der Waals surface area contributed by atoms with E-state index in [-0.39, 0.29) is 15.4 Å². The molecule has 0 aliphatic rings. The van der Waals surface area contributed by atoms with Crippen LogP contribution in [0.4, 0.5) is 0 Å². The van der Waals surface area contributed by atoms with Crippen molar-refractivity contribution in [2.45, 2.75) is 53.5 Å². The number of hydrogen-bond donors (Lipinski definition) is 2. The topological polar surface area (TPSA) is 106 Å². The molecule has 0 aliphatic carbocycles. The predicted octanol–water partition coefficient (Wildman–Crippen LogP) is 2.54. The SMILES string of the molecule is CC.CCOCCOCCOCCOCC(=O)NCCCOCCOCCOCCCNC(C)C.[HH].[HH]. The molecular weight excluding hydrogens is 456 g/mol. The first-order valence-electron chi connectivity index (χ1n) is 13.2. The first-order chi connectivity index (χ1) is 17.2. The highest BCUT2D eigenvalue weighted by atomic mass is 16.6. The maximum absolute atomic E-state index is 11.7. The molecule has 0 saturated heterocycles. The molecule has 35 heavy (non-hydrogen) atoms. The minimum Gasteiger partial charge on any atom is -0.379 e. The normalized spacial score (nSPS) is 10.9. The Labute approximate surface area is 217 Å². The molecule has 10 nitrogen and oxygen atoms in total. The zero-order valence-electron chi connectivity index (χ0n) is 23.1. The number of amides is 1. The highest BCUT2D eigenvalue weighted by Crippen LogP contribution is 1.87. The van der Waals surface area contributed by atoms with E-state index in [2.05, 4.69) is 24.5 Å². The lowest BCUT2D eigenvalue weighted by molar-refractivity contribution is -0.126. The molecule has 216 valence electrons. The van der Waals surface area contributed by atoms with Crippen molar-refractivity contribution in [3.05, 3.63) is 0 Å². The van der Waals surface area contributed by atoms with Crippen molar-refractivity contribution in [1.29, 1.82) is 0 Å². The fourth-order valence-corrected chi connectivity index (χ4v) is 2.43. The Morgan fingerprint density at radius 3 is 1.49 bits per heavy atom. The lowest BCUT2D eigenvalue weighted by atomic mass is 10.3. The smallest absolute Gasteiger partial charge is 0.246 e. The third-order valence-corrected chi connectivity index (χ3v) is 4.10. The van der Waals surface area contributed by atoms with Crippen LogP contribution in [0.3, 0.4) is 0 Å². The van der Waals surface area contributed by atoms with Crippen LogP contribution < -0.4 is 10.6 Å². The zero-order valence-corrected chi connectivity index (χ0v) is 23.1. The average molecular weight is 515 g/mol. The van der Waals surface area contributed by atoms with Crippen molar-refractivity contribution >= 4 is 5.91 Å². The molecule has 0 radical (unpaired) electrons. The number of hydrogen-bond acceptors (Lipinski definition) is 9. The molecule has 0 fully saturated rings. The van der Waals surface area contributed by atoms with Crippen LogP contribution in [0, 0.1) is 0 Å². The molecule has 0 unspecified atom stereocenters. The largest absolute Gasteiger partial charge is 0.379 e. The summed E-state index contributed by atoms with van der Waals surface area (Å²) in [5, 5.41) is 6.14. The number of ether oxygens (including phenoxy) is 7. The van der Waals surface area contributed by atoms with Gasteiger partial charge in [-0.15, -0.1) is 0 Å². The Balaban J connectivity index is -0.00000132. The van der Waals surface area contributed by atoms with Crippen LogP contribution in [-0.4, -0.2) is 118 Å². The number of carbonyl (C=O) groups excluding carboxylic acids is 1. The van der Waals surface area contributed by atoms with Crippen LogP contribution in [-0.2, 0) is 38.0 Å². The van der Waals surface area contributed by atoms with E-state index in [9.17, 15) is 4.79 Å².